The van der Waals surface area contributed by atoms with E-state index in [1.165, 1.54) is 6.33 Å². The second-order valence-electron chi connectivity index (χ2n) is 7.03. The van der Waals surface area contributed by atoms with Gasteiger partial charge >= 0.3 is 5.69 Å². The lowest BCUT2D eigenvalue weighted by Gasteiger charge is -2.19. The van der Waals surface area contributed by atoms with E-state index in [0.717, 1.165) is 5.56 Å². The maximum atomic E-state index is 11.8. The van der Waals surface area contributed by atoms with Crippen LogP contribution in [-0.2, 0) is 6.42 Å². The summed E-state index contributed by atoms with van der Waals surface area (Å²) in [5, 5.41) is 17.8. The molecule has 0 saturated heterocycles. The van der Waals surface area contributed by atoms with Crippen molar-refractivity contribution >= 4 is 23.0 Å². The van der Waals surface area contributed by atoms with Gasteiger partial charge in [0, 0.05) is 18.3 Å². The van der Waals surface area contributed by atoms with Crippen molar-refractivity contribution in [3.05, 3.63) is 58.4 Å². The quantitative estimate of drug-likeness (QED) is 0.366. The molecule has 0 aliphatic carbocycles. The maximum Gasteiger partial charge on any atom is 0.353 e. The van der Waals surface area contributed by atoms with Crippen molar-refractivity contribution in [3.8, 4) is 23.0 Å². The van der Waals surface area contributed by atoms with Gasteiger partial charge in [-0.15, -0.1) is 0 Å². The Labute approximate surface area is 189 Å². The van der Waals surface area contributed by atoms with Crippen molar-refractivity contribution in [2.45, 2.75) is 6.42 Å². The van der Waals surface area contributed by atoms with Crippen molar-refractivity contribution in [1.82, 2.24) is 9.97 Å². The van der Waals surface area contributed by atoms with Gasteiger partial charge in [0.2, 0.25) is 11.6 Å². The number of nitrogens with zero attached hydrogens (tertiary/aromatic N) is 3. The van der Waals surface area contributed by atoms with Crippen LogP contribution in [0.25, 0.3) is 0 Å². The number of nitrogens with one attached hydrogen (secondary N) is 2. The average molecular weight is 453 g/mol. The zero-order valence-electron chi connectivity index (χ0n) is 18.2. The smallest absolute Gasteiger partial charge is 0.353 e. The third-order valence-electron chi connectivity index (χ3n) is 4.96. The molecule has 2 N–H and O–H groups in total. The van der Waals surface area contributed by atoms with Gasteiger partial charge in [-0.25, -0.2) is 9.97 Å². The van der Waals surface area contributed by atoms with E-state index in [1.807, 2.05) is 18.2 Å². The number of methoxy groups -OCH3 is 2. The summed E-state index contributed by atoms with van der Waals surface area (Å²) in [5.74, 6) is 2.64. The first-order chi connectivity index (χ1) is 16.1. The number of anilines is 3. The summed E-state index contributed by atoms with van der Waals surface area (Å²) >= 11 is 0. The Bertz CT molecular complexity index is 1160. The molecule has 0 bridgehead atoms. The molecule has 0 spiro atoms. The molecule has 0 unspecified atom stereocenters. The molecule has 0 amide bonds. The van der Waals surface area contributed by atoms with E-state index in [1.54, 1.807) is 32.4 Å². The second-order valence-corrected chi connectivity index (χ2v) is 7.03. The first-order valence-electron chi connectivity index (χ1n) is 10.2. The highest BCUT2D eigenvalue weighted by Gasteiger charge is 2.23. The van der Waals surface area contributed by atoms with Gasteiger partial charge in [-0.2, -0.15) is 0 Å². The van der Waals surface area contributed by atoms with Crippen LogP contribution >= 0.6 is 0 Å². The normalized spacial score (nSPS) is 12.1. The number of fused-ring (bicyclic) bond motifs is 1. The van der Waals surface area contributed by atoms with E-state index in [-0.39, 0.29) is 17.3 Å². The summed E-state index contributed by atoms with van der Waals surface area (Å²) in [5.41, 5.74) is 1.31. The summed E-state index contributed by atoms with van der Waals surface area (Å²) in [6.07, 6.45) is 1.86. The van der Waals surface area contributed by atoms with Crippen molar-refractivity contribution in [2.75, 3.05) is 44.6 Å². The van der Waals surface area contributed by atoms with Crippen molar-refractivity contribution in [3.63, 3.8) is 0 Å². The Morgan fingerprint density at radius 1 is 1.00 bits per heavy atom. The zero-order chi connectivity index (χ0) is 23.2. The van der Waals surface area contributed by atoms with E-state index >= 15 is 0 Å². The zero-order valence-corrected chi connectivity index (χ0v) is 18.2. The minimum atomic E-state index is -0.515. The Kier molecular flexibility index (Phi) is 6.58. The fourth-order valence-electron chi connectivity index (χ4n) is 3.39. The molecule has 2 aromatic carbocycles. The fourth-order valence-corrected chi connectivity index (χ4v) is 3.39. The Hall–Kier alpha value is -4.28. The molecule has 172 valence electrons. The third kappa shape index (κ3) is 4.97. The molecular formula is C22H23N5O6. The Balaban J connectivity index is 1.49. The van der Waals surface area contributed by atoms with Crippen LogP contribution in [0.15, 0.2) is 42.7 Å². The van der Waals surface area contributed by atoms with Gasteiger partial charge in [-0.3, -0.25) is 10.1 Å². The molecule has 0 fully saturated rings. The summed E-state index contributed by atoms with van der Waals surface area (Å²) in [6, 6.07) is 10.8. The first-order valence-corrected chi connectivity index (χ1v) is 10.2. The minimum Gasteiger partial charge on any atom is -0.493 e. The van der Waals surface area contributed by atoms with Crippen LogP contribution in [0.3, 0.4) is 0 Å². The van der Waals surface area contributed by atoms with Crippen LogP contribution in [0.1, 0.15) is 5.56 Å². The molecule has 0 atom stereocenters. The van der Waals surface area contributed by atoms with E-state index in [4.69, 9.17) is 18.9 Å². The number of hydrogen-bond donors (Lipinski definition) is 2. The predicted molar refractivity (Wildman–Crippen MR) is 121 cm³/mol. The monoisotopic (exact) mass is 453 g/mol. The van der Waals surface area contributed by atoms with Crippen molar-refractivity contribution < 1.29 is 23.9 Å². The second kappa shape index (κ2) is 9.90. The van der Waals surface area contributed by atoms with Gasteiger partial charge in [0.1, 0.15) is 19.5 Å². The third-order valence-corrected chi connectivity index (χ3v) is 4.96. The highest BCUT2D eigenvalue weighted by atomic mass is 16.6. The highest BCUT2D eigenvalue weighted by Crippen LogP contribution is 2.36. The first kappa shape index (κ1) is 21.9. The van der Waals surface area contributed by atoms with Crippen molar-refractivity contribution in [1.29, 1.82) is 0 Å². The summed E-state index contributed by atoms with van der Waals surface area (Å²) in [6.45, 7) is 1.34. The number of aromatic nitrogens is 2. The fraction of sp³-hybridized carbons (Fsp3) is 0.273. The van der Waals surface area contributed by atoms with Gasteiger partial charge in [0.25, 0.3) is 0 Å². The predicted octanol–water partition coefficient (Wildman–Crippen LogP) is 3.57. The standard InChI is InChI=1S/C22H23N5O6/c1-30-16-5-3-14(11-18(16)31-2)7-8-23-21-20(27(28)29)22(25-13-24-21)26-15-4-6-17-19(12-15)33-10-9-32-17/h3-6,11-13H,7-10H2,1-2H3,(H2,23,24,25,26). The molecule has 2 heterocycles. The lowest BCUT2D eigenvalue weighted by atomic mass is 10.1. The number of benzene rings is 2. The molecule has 11 nitrogen and oxygen atoms in total. The van der Waals surface area contributed by atoms with Crippen LogP contribution in [0.4, 0.5) is 23.0 Å². The van der Waals surface area contributed by atoms with Crippen LogP contribution in [0.5, 0.6) is 23.0 Å². The van der Waals surface area contributed by atoms with Gasteiger partial charge in [-0.05, 0) is 36.2 Å². The maximum absolute atomic E-state index is 11.8. The molecule has 33 heavy (non-hydrogen) atoms. The van der Waals surface area contributed by atoms with Crippen LogP contribution in [-0.4, -0.2) is 48.9 Å². The van der Waals surface area contributed by atoms with Gasteiger partial charge in [-0.1, -0.05) is 6.07 Å². The molecule has 0 radical (unpaired) electrons. The number of hydrogen-bond acceptors (Lipinski definition) is 10. The molecule has 1 aromatic heterocycles. The summed E-state index contributed by atoms with van der Waals surface area (Å²) in [4.78, 5) is 19.4. The van der Waals surface area contributed by atoms with Gasteiger partial charge < -0.3 is 29.6 Å². The van der Waals surface area contributed by atoms with Crippen molar-refractivity contribution in [2.24, 2.45) is 0 Å². The molecule has 0 saturated carbocycles. The molecule has 3 aromatic rings. The molecule has 11 heteroatoms. The highest BCUT2D eigenvalue weighted by molar-refractivity contribution is 5.74. The number of rotatable bonds is 9. The van der Waals surface area contributed by atoms with E-state index in [0.29, 0.717) is 54.9 Å². The molecule has 4 rings (SSSR count). The van der Waals surface area contributed by atoms with E-state index < -0.39 is 4.92 Å². The molecular weight excluding hydrogens is 430 g/mol. The Morgan fingerprint density at radius 3 is 2.52 bits per heavy atom. The number of ether oxygens (including phenoxy) is 4. The van der Waals surface area contributed by atoms with Gasteiger partial charge in [0.05, 0.1) is 19.1 Å². The average Bonchev–Trinajstić information content (AvgIpc) is 2.83. The largest absolute Gasteiger partial charge is 0.493 e. The SMILES string of the molecule is COc1ccc(CCNc2ncnc(Nc3ccc4c(c3)OCCO4)c2[N+](=O)[O-])cc1OC. The van der Waals surface area contributed by atoms with E-state index in [2.05, 4.69) is 20.6 Å². The number of nitro groups is 1. The molecule has 1 aliphatic rings. The van der Waals surface area contributed by atoms with Gasteiger partial charge in [0.15, 0.2) is 23.0 Å². The topological polar surface area (TPSA) is 130 Å². The lowest BCUT2D eigenvalue weighted by Crippen LogP contribution is -2.15. The van der Waals surface area contributed by atoms with Crippen LogP contribution in [0.2, 0.25) is 0 Å². The molecule has 1 aliphatic heterocycles. The lowest BCUT2D eigenvalue weighted by molar-refractivity contribution is -0.383. The minimum absolute atomic E-state index is 0.0697. The van der Waals surface area contributed by atoms with Crippen LogP contribution in [0, 0.1) is 10.1 Å². The summed E-state index contributed by atoms with van der Waals surface area (Å²) in [7, 11) is 3.14. The summed E-state index contributed by atoms with van der Waals surface area (Å²) < 4.78 is 21.6. The van der Waals surface area contributed by atoms with Crippen LogP contribution < -0.4 is 29.6 Å². The Morgan fingerprint density at radius 2 is 1.76 bits per heavy atom. The van der Waals surface area contributed by atoms with E-state index in [9.17, 15) is 10.1 Å².